The summed E-state index contributed by atoms with van der Waals surface area (Å²) in [5.41, 5.74) is 2.44. The third kappa shape index (κ3) is 2.89. The maximum Gasteiger partial charge on any atom is 0.219 e. The molecule has 0 unspecified atom stereocenters. The molecule has 1 aromatic rings. The van der Waals surface area contributed by atoms with Gasteiger partial charge in [-0.2, -0.15) is 0 Å². The van der Waals surface area contributed by atoms with Gasteiger partial charge in [-0.3, -0.25) is 4.79 Å². The van der Waals surface area contributed by atoms with E-state index in [9.17, 15) is 4.79 Å². The van der Waals surface area contributed by atoms with Gasteiger partial charge in [-0.05, 0) is 56.2 Å². The molecule has 0 spiro atoms. The minimum Gasteiger partial charge on any atom is -0.356 e. The molecular formula is C17H25N3O. The Kier molecular flexibility index (Phi) is 4.13. The Bertz CT molecular complexity index is 523. The highest BCUT2D eigenvalue weighted by molar-refractivity contribution is 5.74. The molecule has 0 aromatic carbocycles. The largest absolute Gasteiger partial charge is 0.356 e. The number of pyridine rings is 1. The molecular weight excluding hydrogens is 262 g/mol. The van der Waals surface area contributed by atoms with Crippen molar-refractivity contribution in [3.63, 3.8) is 0 Å². The van der Waals surface area contributed by atoms with E-state index in [-0.39, 0.29) is 11.9 Å². The lowest BCUT2D eigenvalue weighted by molar-refractivity contribution is -0.129. The third-order valence-corrected chi connectivity index (χ3v) is 4.77. The number of amides is 1. The number of aromatic nitrogens is 1. The number of nitrogens with zero attached hydrogens (tertiary/aromatic N) is 3. The molecule has 114 valence electrons. The van der Waals surface area contributed by atoms with Gasteiger partial charge in [-0.15, -0.1) is 0 Å². The van der Waals surface area contributed by atoms with Crippen molar-refractivity contribution in [2.75, 3.05) is 24.5 Å². The van der Waals surface area contributed by atoms with Crippen molar-refractivity contribution in [1.82, 2.24) is 9.88 Å². The minimum absolute atomic E-state index is 0.176. The first kappa shape index (κ1) is 14.4. The molecule has 0 saturated carbocycles. The summed E-state index contributed by atoms with van der Waals surface area (Å²) in [6.45, 7) is 6.94. The predicted octanol–water partition coefficient (Wildman–Crippen LogP) is 3.06. The van der Waals surface area contributed by atoms with E-state index in [1.165, 1.54) is 30.4 Å². The fourth-order valence-corrected chi connectivity index (χ4v) is 3.70. The van der Waals surface area contributed by atoms with Gasteiger partial charge in [0, 0.05) is 32.8 Å². The molecule has 2 saturated heterocycles. The highest BCUT2D eigenvalue weighted by atomic mass is 16.2. The van der Waals surface area contributed by atoms with Crippen LogP contribution < -0.4 is 4.90 Å². The van der Waals surface area contributed by atoms with Gasteiger partial charge in [-0.25, -0.2) is 4.98 Å². The molecule has 4 heteroatoms. The van der Waals surface area contributed by atoms with Crippen LogP contribution in [-0.2, 0) is 4.79 Å². The fraction of sp³-hybridized carbons (Fsp3) is 0.647. The monoisotopic (exact) mass is 287 g/mol. The summed E-state index contributed by atoms with van der Waals surface area (Å²) in [4.78, 5) is 20.8. The molecule has 1 aromatic heterocycles. The van der Waals surface area contributed by atoms with E-state index in [1.54, 1.807) is 6.92 Å². The predicted molar refractivity (Wildman–Crippen MR) is 84.4 cm³/mol. The Labute approximate surface area is 127 Å². The van der Waals surface area contributed by atoms with Gasteiger partial charge in [0.25, 0.3) is 0 Å². The quantitative estimate of drug-likeness (QED) is 0.839. The second kappa shape index (κ2) is 6.04. The molecule has 21 heavy (non-hydrogen) atoms. The number of piperidine rings is 1. The van der Waals surface area contributed by atoms with Crippen molar-refractivity contribution in [3.05, 3.63) is 23.4 Å². The SMILES string of the molecule is CC(=O)N1CCC[C@@H]1c1cnc(N2CCCCC2)c(C)c1. The lowest BCUT2D eigenvalue weighted by Gasteiger charge is -2.30. The molecule has 0 N–H and O–H groups in total. The van der Waals surface area contributed by atoms with Gasteiger partial charge in [0.15, 0.2) is 0 Å². The first-order valence-corrected chi connectivity index (χ1v) is 8.15. The summed E-state index contributed by atoms with van der Waals surface area (Å²) < 4.78 is 0. The minimum atomic E-state index is 0.176. The molecule has 2 aliphatic rings. The number of anilines is 1. The lowest BCUT2D eigenvalue weighted by Crippen LogP contribution is -2.31. The number of carbonyl (C=O) groups excluding carboxylic acids is 1. The summed E-state index contributed by atoms with van der Waals surface area (Å²) in [6, 6.07) is 2.46. The smallest absolute Gasteiger partial charge is 0.219 e. The average Bonchev–Trinajstić information content (AvgIpc) is 2.97. The zero-order valence-corrected chi connectivity index (χ0v) is 13.1. The second-order valence-electron chi connectivity index (χ2n) is 6.33. The van der Waals surface area contributed by atoms with Gasteiger partial charge < -0.3 is 9.80 Å². The van der Waals surface area contributed by atoms with Gasteiger partial charge in [0.2, 0.25) is 5.91 Å². The van der Waals surface area contributed by atoms with Crippen molar-refractivity contribution >= 4 is 11.7 Å². The van der Waals surface area contributed by atoms with Crippen molar-refractivity contribution in [2.45, 2.75) is 52.0 Å². The van der Waals surface area contributed by atoms with E-state index in [0.29, 0.717) is 0 Å². The van der Waals surface area contributed by atoms with Crippen LogP contribution in [0.3, 0.4) is 0 Å². The molecule has 0 aliphatic carbocycles. The number of aryl methyl sites for hydroxylation is 1. The number of carbonyl (C=O) groups is 1. The molecule has 1 amide bonds. The molecule has 2 fully saturated rings. The molecule has 0 radical (unpaired) electrons. The molecule has 1 atom stereocenters. The summed E-state index contributed by atoms with van der Waals surface area (Å²) >= 11 is 0. The normalized spacial score (nSPS) is 22.7. The van der Waals surface area contributed by atoms with Crippen LogP contribution in [0.2, 0.25) is 0 Å². The van der Waals surface area contributed by atoms with E-state index in [2.05, 4.69) is 17.9 Å². The van der Waals surface area contributed by atoms with E-state index in [1.807, 2.05) is 11.1 Å². The van der Waals surface area contributed by atoms with Gasteiger partial charge in [0.05, 0.1) is 6.04 Å². The summed E-state index contributed by atoms with van der Waals surface area (Å²) in [5, 5.41) is 0. The first-order valence-electron chi connectivity index (χ1n) is 8.15. The highest BCUT2D eigenvalue weighted by Gasteiger charge is 2.28. The molecule has 3 rings (SSSR count). The summed E-state index contributed by atoms with van der Waals surface area (Å²) in [5.74, 6) is 1.31. The standard InChI is InChI=1S/C17H25N3O/c1-13-11-15(16-7-6-10-20(16)14(2)21)12-18-17(13)19-8-4-3-5-9-19/h11-12,16H,3-10H2,1-2H3/t16-/m1/s1. The molecule has 4 nitrogen and oxygen atoms in total. The van der Waals surface area contributed by atoms with Gasteiger partial charge in [-0.1, -0.05) is 0 Å². The van der Waals surface area contributed by atoms with Crippen molar-refractivity contribution in [3.8, 4) is 0 Å². The van der Waals surface area contributed by atoms with Gasteiger partial charge in [0.1, 0.15) is 5.82 Å². The van der Waals surface area contributed by atoms with Crippen molar-refractivity contribution in [2.24, 2.45) is 0 Å². The van der Waals surface area contributed by atoms with Crippen molar-refractivity contribution in [1.29, 1.82) is 0 Å². The topological polar surface area (TPSA) is 36.4 Å². The van der Waals surface area contributed by atoms with Crippen LogP contribution in [0.1, 0.15) is 56.2 Å². The number of hydrogen-bond acceptors (Lipinski definition) is 3. The highest BCUT2D eigenvalue weighted by Crippen LogP contribution is 2.33. The fourth-order valence-electron chi connectivity index (χ4n) is 3.70. The van der Waals surface area contributed by atoms with E-state index < -0.39 is 0 Å². The molecule has 2 aliphatic heterocycles. The number of rotatable bonds is 2. The first-order chi connectivity index (χ1) is 10.2. The van der Waals surface area contributed by atoms with Crippen LogP contribution in [0.4, 0.5) is 5.82 Å². The van der Waals surface area contributed by atoms with E-state index >= 15 is 0 Å². The number of likely N-dealkylation sites (tertiary alicyclic amines) is 1. The number of hydrogen-bond donors (Lipinski definition) is 0. The Morgan fingerprint density at radius 2 is 1.95 bits per heavy atom. The van der Waals surface area contributed by atoms with Crippen LogP contribution in [-0.4, -0.2) is 35.4 Å². The Morgan fingerprint density at radius 3 is 2.62 bits per heavy atom. The van der Waals surface area contributed by atoms with E-state index in [0.717, 1.165) is 38.3 Å². The van der Waals surface area contributed by atoms with Crippen LogP contribution in [0.15, 0.2) is 12.3 Å². The second-order valence-corrected chi connectivity index (χ2v) is 6.33. The molecule has 0 bridgehead atoms. The summed E-state index contributed by atoms with van der Waals surface area (Å²) in [6.07, 6.45) is 8.01. The van der Waals surface area contributed by atoms with Gasteiger partial charge >= 0.3 is 0 Å². The zero-order chi connectivity index (χ0) is 14.8. The Balaban J connectivity index is 1.82. The third-order valence-electron chi connectivity index (χ3n) is 4.77. The Hall–Kier alpha value is -1.58. The van der Waals surface area contributed by atoms with Crippen LogP contribution in [0.25, 0.3) is 0 Å². The maximum absolute atomic E-state index is 11.7. The van der Waals surface area contributed by atoms with Crippen molar-refractivity contribution < 1.29 is 4.79 Å². The van der Waals surface area contributed by atoms with E-state index in [4.69, 9.17) is 4.98 Å². The van der Waals surface area contributed by atoms with Crippen LogP contribution in [0, 0.1) is 6.92 Å². The summed E-state index contributed by atoms with van der Waals surface area (Å²) in [7, 11) is 0. The average molecular weight is 287 g/mol. The van der Waals surface area contributed by atoms with Crippen LogP contribution >= 0.6 is 0 Å². The van der Waals surface area contributed by atoms with Crippen LogP contribution in [0.5, 0.6) is 0 Å². The maximum atomic E-state index is 11.7. The Morgan fingerprint density at radius 1 is 1.19 bits per heavy atom. The lowest BCUT2D eigenvalue weighted by atomic mass is 10.0. The zero-order valence-electron chi connectivity index (χ0n) is 13.1. The molecule has 3 heterocycles.